The quantitative estimate of drug-likeness (QED) is 0.178. The predicted molar refractivity (Wildman–Crippen MR) is 172 cm³/mol. The number of aromatic nitrogens is 2. The number of rotatable bonds is 15. The van der Waals surface area contributed by atoms with Crippen molar-refractivity contribution >= 4 is 29.5 Å². The van der Waals surface area contributed by atoms with Gasteiger partial charge in [-0.15, -0.1) is 0 Å². The van der Waals surface area contributed by atoms with Crippen molar-refractivity contribution in [2.24, 2.45) is 23.7 Å². The SMILES string of the molecule is CCCC(NC(=O)C1[C@H]2CC=C[C@H]2CN1C(=O)[C@@H](NC(=O)[C@@H](NC(=O)c1cnccn1)C(C)C)C(C)C)C(O)C(=O)N[C@H](C)CC. The largest absolute Gasteiger partial charge is 0.381 e. The maximum absolute atomic E-state index is 14.2. The molecule has 1 aromatic heterocycles. The van der Waals surface area contributed by atoms with Gasteiger partial charge in [0.05, 0.1) is 12.2 Å². The van der Waals surface area contributed by atoms with Crippen molar-refractivity contribution in [1.29, 1.82) is 0 Å². The van der Waals surface area contributed by atoms with Gasteiger partial charge >= 0.3 is 0 Å². The highest BCUT2D eigenvalue weighted by atomic mass is 16.3. The third-order valence-electron chi connectivity index (χ3n) is 8.88. The molecule has 1 aliphatic heterocycles. The summed E-state index contributed by atoms with van der Waals surface area (Å²) >= 11 is 0. The Labute approximate surface area is 271 Å². The molecule has 0 saturated carbocycles. The number of nitrogens with zero attached hydrogens (tertiary/aromatic N) is 3. The Bertz CT molecular complexity index is 1260. The second-order valence-electron chi connectivity index (χ2n) is 13.1. The lowest BCUT2D eigenvalue weighted by atomic mass is 9.91. The van der Waals surface area contributed by atoms with Gasteiger partial charge in [0.1, 0.15) is 23.8 Å². The minimum Gasteiger partial charge on any atom is -0.381 e. The molecule has 8 atom stereocenters. The van der Waals surface area contributed by atoms with Crippen LogP contribution < -0.4 is 21.3 Å². The van der Waals surface area contributed by atoms with Crippen LogP contribution in [0.1, 0.15) is 84.6 Å². The van der Waals surface area contributed by atoms with Crippen LogP contribution in [0.15, 0.2) is 30.7 Å². The molecule has 0 spiro atoms. The summed E-state index contributed by atoms with van der Waals surface area (Å²) < 4.78 is 0. The molecule has 1 fully saturated rings. The molecule has 13 nitrogen and oxygen atoms in total. The smallest absolute Gasteiger partial charge is 0.272 e. The Balaban J connectivity index is 1.80. The van der Waals surface area contributed by atoms with E-state index in [9.17, 15) is 29.1 Å². The average molecular weight is 642 g/mol. The first-order valence-corrected chi connectivity index (χ1v) is 16.4. The van der Waals surface area contributed by atoms with Crippen LogP contribution >= 0.6 is 0 Å². The van der Waals surface area contributed by atoms with Gasteiger partial charge in [0, 0.05) is 30.9 Å². The fourth-order valence-corrected chi connectivity index (χ4v) is 6.02. The normalized spacial score (nSPS) is 22.0. The van der Waals surface area contributed by atoms with E-state index >= 15 is 0 Å². The predicted octanol–water partition coefficient (Wildman–Crippen LogP) is 1.34. The van der Waals surface area contributed by atoms with E-state index in [0.29, 0.717) is 32.2 Å². The van der Waals surface area contributed by atoms with Crippen LogP contribution in [-0.4, -0.2) is 92.4 Å². The van der Waals surface area contributed by atoms with E-state index in [1.165, 1.54) is 23.5 Å². The van der Waals surface area contributed by atoms with Crippen molar-refractivity contribution in [1.82, 2.24) is 36.1 Å². The number of allylic oxidation sites excluding steroid dienone is 1. The van der Waals surface area contributed by atoms with E-state index < -0.39 is 59.8 Å². The van der Waals surface area contributed by atoms with Crippen LogP contribution in [0, 0.1) is 23.7 Å². The molecular formula is C33H51N7O6. The summed E-state index contributed by atoms with van der Waals surface area (Å²) in [5.41, 5.74) is 0.0619. The molecule has 1 aliphatic carbocycles. The van der Waals surface area contributed by atoms with Crippen molar-refractivity contribution in [3.63, 3.8) is 0 Å². The molecule has 0 radical (unpaired) electrons. The molecule has 5 amide bonds. The zero-order valence-electron chi connectivity index (χ0n) is 28.0. The standard InChI is InChI=1S/C33H51N7O6/c1-8-11-23(28(41)32(45)36-20(7)9-2)37-31(44)27-22-13-10-12-21(22)17-40(27)33(46)26(19(5)6)39-30(43)25(18(3)4)38-29(42)24-16-34-14-15-35-24/h10,12,14-16,18-23,25-28,41H,8-9,11,13,17H2,1-7H3,(H,36,45)(H,37,44)(H,38,42)(H,39,43)/t20-,21+,22+,23?,25+,26+,27?,28?/m1/s1. The number of aliphatic hydroxyl groups excluding tert-OH is 1. The number of aliphatic hydroxyl groups is 1. The highest BCUT2D eigenvalue weighted by Crippen LogP contribution is 2.39. The van der Waals surface area contributed by atoms with E-state index in [0.717, 1.165) is 0 Å². The third kappa shape index (κ3) is 8.89. The average Bonchev–Trinajstić information content (AvgIpc) is 3.63. The Kier molecular flexibility index (Phi) is 13.2. The van der Waals surface area contributed by atoms with Gasteiger partial charge in [-0.2, -0.15) is 0 Å². The van der Waals surface area contributed by atoms with Crippen molar-refractivity contribution in [3.05, 3.63) is 36.4 Å². The van der Waals surface area contributed by atoms with Crippen molar-refractivity contribution in [2.75, 3.05) is 6.54 Å². The molecule has 5 N–H and O–H groups in total. The van der Waals surface area contributed by atoms with Crippen LogP contribution in [0.2, 0.25) is 0 Å². The zero-order chi connectivity index (χ0) is 34.1. The number of carbonyl (C=O) groups excluding carboxylic acids is 5. The molecular weight excluding hydrogens is 590 g/mol. The van der Waals surface area contributed by atoms with Crippen LogP contribution in [0.25, 0.3) is 0 Å². The van der Waals surface area contributed by atoms with E-state index in [2.05, 4.69) is 31.2 Å². The topological polar surface area (TPSA) is 183 Å². The summed E-state index contributed by atoms with van der Waals surface area (Å²) in [5.74, 6) is -3.35. The first kappa shape index (κ1) is 36.6. The fraction of sp³-hybridized carbons (Fsp3) is 0.667. The molecule has 254 valence electrons. The molecule has 3 rings (SSSR count). The fourth-order valence-electron chi connectivity index (χ4n) is 6.02. The van der Waals surface area contributed by atoms with Gasteiger partial charge in [0.2, 0.25) is 17.7 Å². The lowest BCUT2D eigenvalue weighted by molar-refractivity contribution is -0.144. The lowest BCUT2D eigenvalue weighted by Crippen LogP contribution is -2.61. The number of hydrogen-bond acceptors (Lipinski definition) is 8. The van der Waals surface area contributed by atoms with Gasteiger partial charge in [0.25, 0.3) is 11.8 Å². The first-order chi connectivity index (χ1) is 21.8. The van der Waals surface area contributed by atoms with Gasteiger partial charge < -0.3 is 31.3 Å². The van der Waals surface area contributed by atoms with E-state index in [1.807, 2.05) is 32.9 Å². The van der Waals surface area contributed by atoms with Gasteiger partial charge in [0.15, 0.2) is 6.10 Å². The molecule has 13 heteroatoms. The molecule has 3 unspecified atom stereocenters. The second kappa shape index (κ2) is 16.6. The van der Waals surface area contributed by atoms with Gasteiger partial charge in [-0.05, 0) is 43.9 Å². The number of fused-ring (bicyclic) bond motifs is 1. The van der Waals surface area contributed by atoms with Crippen molar-refractivity contribution in [3.8, 4) is 0 Å². The monoisotopic (exact) mass is 641 g/mol. The molecule has 0 aromatic carbocycles. The van der Waals surface area contributed by atoms with Crippen LogP contribution in [0.3, 0.4) is 0 Å². The van der Waals surface area contributed by atoms with Gasteiger partial charge in [-0.25, -0.2) is 4.98 Å². The summed E-state index contributed by atoms with van der Waals surface area (Å²) in [4.78, 5) is 76.7. The number of nitrogens with one attached hydrogen (secondary N) is 4. The second-order valence-corrected chi connectivity index (χ2v) is 13.1. The maximum Gasteiger partial charge on any atom is 0.272 e. The number of amides is 5. The molecule has 2 heterocycles. The number of likely N-dealkylation sites (tertiary alicyclic amines) is 1. The van der Waals surface area contributed by atoms with Crippen LogP contribution in [-0.2, 0) is 19.2 Å². The van der Waals surface area contributed by atoms with Crippen molar-refractivity contribution < 1.29 is 29.1 Å². The minimum absolute atomic E-state index is 0.0406. The minimum atomic E-state index is -1.45. The Morgan fingerprint density at radius 2 is 1.63 bits per heavy atom. The van der Waals surface area contributed by atoms with Gasteiger partial charge in [-0.1, -0.05) is 60.1 Å². The molecule has 2 aliphatic rings. The summed E-state index contributed by atoms with van der Waals surface area (Å²) in [7, 11) is 0. The van der Waals surface area contributed by atoms with E-state index in [1.54, 1.807) is 27.7 Å². The number of hydrogen-bond donors (Lipinski definition) is 5. The van der Waals surface area contributed by atoms with Gasteiger partial charge in [-0.3, -0.25) is 29.0 Å². The van der Waals surface area contributed by atoms with E-state index in [4.69, 9.17) is 0 Å². The molecule has 46 heavy (non-hydrogen) atoms. The van der Waals surface area contributed by atoms with Crippen LogP contribution in [0.5, 0.6) is 0 Å². The van der Waals surface area contributed by atoms with E-state index in [-0.39, 0.29) is 35.4 Å². The molecule has 1 saturated heterocycles. The molecule has 1 aromatic rings. The Morgan fingerprint density at radius 3 is 2.22 bits per heavy atom. The Morgan fingerprint density at radius 1 is 0.935 bits per heavy atom. The lowest BCUT2D eigenvalue weighted by Gasteiger charge is -2.34. The number of carbonyl (C=O) groups is 5. The summed E-state index contributed by atoms with van der Waals surface area (Å²) in [6, 6.07) is -3.75. The third-order valence-corrected chi connectivity index (χ3v) is 8.88. The highest BCUT2D eigenvalue weighted by Gasteiger charge is 2.50. The highest BCUT2D eigenvalue weighted by molar-refractivity contribution is 5.98. The maximum atomic E-state index is 14.2. The Hall–Kier alpha value is -3.87. The summed E-state index contributed by atoms with van der Waals surface area (Å²) in [5, 5.41) is 22.1. The van der Waals surface area contributed by atoms with Crippen LogP contribution in [0.4, 0.5) is 0 Å². The first-order valence-electron chi connectivity index (χ1n) is 16.4. The van der Waals surface area contributed by atoms with Crippen molar-refractivity contribution in [2.45, 2.75) is 110 Å². The zero-order valence-corrected chi connectivity index (χ0v) is 28.0. The molecule has 0 bridgehead atoms. The summed E-state index contributed by atoms with van der Waals surface area (Å²) in [6.45, 7) is 13.1. The summed E-state index contributed by atoms with van der Waals surface area (Å²) in [6.07, 6.45) is 8.97.